The number of aryl methyl sites for hydroxylation is 3. The number of sulfonamides is 1. The number of fused-ring (bicyclic) bond motifs is 2. The van der Waals surface area contributed by atoms with Crippen molar-refractivity contribution in [2.24, 2.45) is 18.9 Å². The fourth-order valence-electron chi connectivity index (χ4n) is 4.91. The molecule has 11 heteroatoms. The van der Waals surface area contributed by atoms with Gasteiger partial charge in [-0.15, -0.1) is 0 Å². The molecule has 0 radical (unpaired) electrons. The van der Waals surface area contributed by atoms with Crippen molar-refractivity contribution >= 4 is 27.0 Å². The second-order valence-corrected chi connectivity index (χ2v) is 10.1. The lowest BCUT2D eigenvalue weighted by molar-refractivity contribution is 0.452. The van der Waals surface area contributed by atoms with E-state index in [-0.39, 0.29) is 11.8 Å². The molecule has 3 aromatic rings. The second kappa shape index (κ2) is 6.74. The van der Waals surface area contributed by atoms with Crippen molar-refractivity contribution < 1.29 is 8.42 Å². The van der Waals surface area contributed by atoms with E-state index >= 15 is 0 Å². The predicted molar refractivity (Wildman–Crippen MR) is 112 cm³/mol. The average molecular weight is 431 g/mol. The first-order valence-electron chi connectivity index (χ1n) is 10.2. The number of hydrogen-bond donors (Lipinski definition) is 0. The molecule has 2 fully saturated rings. The minimum absolute atomic E-state index is 0.273. The highest BCUT2D eigenvalue weighted by molar-refractivity contribution is 7.89. The Morgan fingerprint density at radius 2 is 1.77 bits per heavy atom. The van der Waals surface area contributed by atoms with E-state index in [0.717, 1.165) is 36.6 Å². The van der Waals surface area contributed by atoms with Crippen molar-refractivity contribution in [2.45, 2.75) is 32.2 Å². The molecule has 0 N–H and O–H groups in total. The van der Waals surface area contributed by atoms with Gasteiger partial charge in [0.25, 0.3) is 0 Å². The minimum atomic E-state index is -3.55. The Balaban J connectivity index is 1.38. The zero-order valence-corrected chi connectivity index (χ0v) is 18.5. The predicted octanol–water partition coefficient (Wildman–Crippen LogP) is 0.953. The zero-order chi connectivity index (χ0) is 21.2. The molecule has 5 rings (SSSR count). The topological polar surface area (TPSA) is 102 Å². The smallest absolute Gasteiger partial charge is 0.246 e. The Kier molecular flexibility index (Phi) is 4.37. The van der Waals surface area contributed by atoms with Crippen molar-refractivity contribution in [3.63, 3.8) is 0 Å². The van der Waals surface area contributed by atoms with Crippen LogP contribution in [0.5, 0.6) is 0 Å². The Bertz CT molecular complexity index is 1220. The van der Waals surface area contributed by atoms with E-state index in [2.05, 4.69) is 31.9 Å². The largest absolute Gasteiger partial charge is 0.354 e. The van der Waals surface area contributed by atoms with E-state index in [1.807, 2.05) is 4.57 Å². The lowest BCUT2D eigenvalue weighted by Gasteiger charge is -2.22. The van der Waals surface area contributed by atoms with Crippen LogP contribution >= 0.6 is 0 Å². The Morgan fingerprint density at radius 1 is 1.07 bits per heavy atom. The third-order valence-electron chi connectivity index (χ3n) is 6.52. The maximum atomic E-state index is 13.3. The first-order chi connectivity index (χ1) is 14.3. The van der Waals surface area contributed by atoms with E-state index < -0.39 is 10.0 Å². The van der Waals surface area contributed by atoms with E-state index in [1.165, 1.54) is 0 Å². The maximum Gasteiger partial charge on any atom is 0.246 e. The summed E-state index contributed by atoms with van der Waals surface area (Å²) >= 11 is 0. The summed E-state index contributed by atoms with van der Waals surface area (Å²) in [4.78, 5) is 16.0. The van der Waals surface area contributed by atoms with Gasteiger partial charge in [-0.2, -0.15) is 9.40 Å². The van der Waals surface area contributed by atoms with E-state index in [1.54, 1.807) is 42.5 Å². The summed E-state index contributed by atoms with van der Waals surface area (Å²) in [6, 6.07) is 0. The highest BCUT2D eigenvalue weighted by Crippen LogP contribution is 2.38. The molecule has 2 unspecified atom stereocenters. The molecule has 0 aliphatic carbocycles. The van der Waals surface area contributed by atoms with Crippen molar-refractivity contribution in [3.8, 4) is 0 Å². The van der Waals surface area contributed by atoms with Crippen LogP contribution in [-0.4, -0.2) is 68.2 Å². The molecule has 2 aliphatic rings. The van der Waals surface area contributed by atoms with Crippen LogP contribution in [-0.2, 0) is 23.6 Å². The molecule has 160 valence electrons. The third-order valence-corrected chi connectivity index (χ3v) is 8.60. The monoisotopic (exact) mass is 430 g/mol. The summed E-state index contributed by atoms with van der Waals surface area (Å²) in [6.45, 7) is 9.01. The fraction of sp³-hybridized carbons (Fsp3) is 0.579. The standard InChI is InChI=1S/C19H26N8O2S/c1-5-25-11-22-16-18(25)20-10-21-19(16)26-6-14-8-27(9-15(14)7-26)30(28,29)17-12(2)23-24(4)13(17)3/h10-11,14-15H,5-9H2,1-4H3. The van der Waals surface area contributed by atoms with Crippen LogP contribution in [0.15, 0.2) is 17.6 Å². The van der Waals surface area contributed by atoms with E-state index in [0.29, 0.717) is 29.4 Å². The lowest BCUT2D eigenvalue weighted by Crippen LogP contribution is -2.34. The van der Waals surface area contributed by atoms with Gasteiger partial charge in [0.2, 0.25) is 10.0 Å². The molecule has 0 saturated carbocycles. The van der Waals surface area contributed by atoms with Crippen LogP contribution in [0.3, 0.4) is 0 Å². The van der Waals surface area contributed by atoms with Crippen LogP contribution in [0, 0.1) is 25.7 Å². The van der Waals surface area contributed by atoms with Crippen LogP contribution < -0.4 is 4.90 Å². The number of aromatic nitrogens is 6. The quantitative estimate of drug-likeness (QED) is 0.607. The molecule has 30 heavy (non-hydrogen) atoms. The number of hydrogen-bond acceptors (Lipinski definition) is 7. The normalized spacial score (nSPS) is 22.3. The molecule has 5 heterocycles. The van der Waals surface area contributed by atoms with Crippen molar-refractivity contribution in [3.05, 3.63) is 24.0 Å². The van der Waals surface area contributed by atoms with Crippen LogP contribution in [0.4, 0.5) is 5.82 Å². The molecule has 2 atom stereocenters. The van der Waals surface area contributed by atoms with Crippen LogP contribution in [0.2, 0.25) is 0 Å². The van der Waals surface area contributed by atoms with Gasteiger partial charge in [-0.1, -0.05) is 0 Å². The second-order valence-electron chi connectivity index (χ2n) is 8.27. The van der Waals surface area contributed by atoms with E-state index in [9.17, 15) is 8.42 Å². The fourth-order valence-corrected chi connectivity index (χ4v) is 6.86. The Hall–Kier alpha value is -2.53. The van der Waals surface area contributed by atoms with Gasteiger partial charge in [-0.05, 0) is 32.6 Å². The molecule has 0 aromatic carbocycles. The molecule has 0 amide bonds. The van der Waals surface area contributed by atoms with Gasteiger partial charge in [0.05, 0.1) is 17.7 Å². The zero-order valence-electron chi connectivity index (χ0n) is 17.6. The summed E-state index contributed by atoms with van der Waals surface area (Å²) in [5.74, 6) is 1.39. The van der Waals surface area contributed by atoms with Crippen molar-refractivity contribution in [1.29, 1.82) is 0 Å². The Morgan fingerprint density at radius 3 is 2.37 bits per heavy atom. The highest BCUT2D eigenvalue weighted by Gasteiger charge is 2.46. The minimum Gasteiger partial charge on any atom is -0.354 e. The lowest BCUT2D eigenvalue weighted by atomic mass is 10.0. The summed E-state index contributed by atoms with van der Waals surface area (Å²) < 4.78 is 31.9. The number of imidazole rings is 1. The van der Waals surface area contributed by atoms with Crippen LogP contribution in [0.1, 0.15) is 18.3 Å². The summed E-state index contributed by atoms with van der Waals surface area (Å²) in [5.41, 5.74) is 2.89. The van der Waals surface area contributed by atoms with Gasteiger partial charge >= 0.3 is 0 Å². The van der Waals surface area contributed by atoms with Gasteiger partial charge in [0, 0.05) is 39.8 Å². The van der Waals surface area contributed by atoms with Gasteiger partial charge in [0.1, 0.15) is 11.2 Å². The van der Waals surface area contributed by atoms with Crippen molar-refractivity contribution in [2.75, 3.05) is 31.1 Å². The van der Waals surface area contributed by atoms with Crippen LogP contribution in [0.25, 0.3) is 11.2 Å². The van der Waals surface area contributed by atoms with Gasteiger partial charge in [0.15, 0.2) is 17.0 Å². The first kappa shape index (κ1) is 19.4. The summed E-state index contributed by atoms with van der Waals surface area (Å²) in [7, 11) is -1.77. The Labute approximate surface area is 175 Å². The molecule has 3 aromatic heterocycles. The molecule has 0 spiro atoms. The average Bonchev–Trinajstić information content (AvgIpc) is 3.43. The summed E-state index contributed by atoms with van der Waals surface area (Å²) in [6.07, 6.45) is 3.39. The SMILES string of the molecule is CCn1cnc2c(N3CC4CN(S(=O)(=O)c5c(C)nn(C)c5C)CC4C3)ncnc21. The number of rotatable bonds is 4. The van der Waals surface area contributed by atoms with Crippen molar-refractivity contribution in [1.82, 2.24) is 33.6 Å². The molecule has 2 aliphatic heterocycles. The molecular weight excluding hydrogens is 404 g/mol. The van der Waals surface area contributed by atoms with E-state index in [4.69, 9.17) is 0 Å². The molecule has 0 bridgehead atoms. The highest BCUT2D eigenvalue weighted by atomic mass is 32.2. The van der Waals surface area contributed by atoms with Gasteiger partial charge in [-0.3, -0.25) is 4.68 Å². The maximum absolute atomic E-state index is 13.3. The van der Waals surface area contributed by atoms with Gasteiger partial charge in [-0.25, -0.2) is 23.4 Å². The third kappa shape index (κ3) is 2.75. The molecule has 10 nitrogen and oxygen atoms in total. The molecule has 2 saturated heterocycles. The number of nitrogens with zero attached hydrogens (tertiary/aromatic N) is 8. The first-order valence-corrected chi connectivity index (χ1v) is 11.7. The summed E-state index contributed by atoms with van der Waals surface area (Å²) in [5, 5.41) is 4.29. The van der Waals surface area contributed by atoms with Gasteiger partial charge < -0.3 is 9.47 Å². The molecular formula is C19H26N8O2S. The number of anilines is 1.